The van der Waals surface area contributed by atoms with Crippen LogP contribution in [0.4, 0.5) is 11.4 Å². The zero-order chi connectivity index (χ0) is 16.9. The Morgan fingerprint density at radius 2 is 2.00 bits per heavy atom. The molecule has 2 N–H and O–H groups in total. The average molecular weight is 328 g/mol. The molecule has 1 aliphatic heterocycles. The van der Waals surface area contributed by atoms with Gasteiger partial charge in [0, 0.05) is 36.7 Å². The van der Waals surface area contributed by atoms with E-state index in [9.17, 15) is 4.79 Å². The summed E-state index contributed by atoms with van der Waals surface area (Å²) in [6.07, 6.45) is 1.62. The minimum Gasteiger partial charge on any atom is -0.454 e. The van der Waals surface area contributed by atoms with E-state index < -0.39 is 0 Å². The Bertz CT molecular complexity index is 734. The number of likely N-dealkylation sites (N-methyl/N-ethyl adjacent to an activating group) is 1. The Kier molecular flexibility index (Phi) is 4.81. The molecule has 126 valence electrons. The van der Waals surface area contributed by atoms with Crippen LogP contribution in [-0.4, -0.2) is 49.8 Å². The fourth-order valence-electron chi connectivity index (χ4n) is 2.26. The second kappa shape index (κ2) is 7.18. The van der Waals surface area contributed by atoms with Crippen molar-refractivity contribution in [3.05, 3.63) is 42.2 Å². The first-order chi connectivity index (χ1) is 11.6. The number of aromatic nitrogens is 1. The molecule has 0 saturated heterocycles. The van der Waals surface area contributed by atoms with Gasteiger partial charge in [-0.05, 0) is 38.4 Å². The lowest BCUT2D eigenvalue weighted by atomic mass is 10.2. The van der Waals surface area contributed by atoms with Gasteiger partial charge in [-0.15, -0.1) is 0 Å². The molecular weight excluding hydrogens is 308 g/mol. The van der Waals surface area contributed by atoms with Crippen molar-refractivity contribution in [1.82, 2.24) is 9.88 Å². The molecule has 1 aliphatic rings. The van der Waals surface area contributed by atoms with Gasteiger partial charge in [-0.1, -0.05) is 0 Å². The summed E-state index contributed by atoms with van der Waals surface area (Å²) in [5.74, 6) is 1.03. The van der Waals surface area contributed by atoms with Gasteiger partial charge < -0.3 is 25.0 Å². The lowest BCUT2D eigenvalue weighted by molar-refractivity contribution is 0.102. The van der Waals surface area contributed by atoms with Gasteiger partial charge in [-0.25, -0.2) is 0 Å². The molecular formula is C17H20N4O3. The summed E-state index contributed by atoms with van der Waals surface area (Å²) >= 11 is 0. The van der Waals surface area contributed by atoms with E-state index in [0.29, 0.717) is 22.9 Å². The minimum absolute atomic E-state index is 0.203. The summed E-state index contributed by atoms with van der Waals surface area (Å²) in [6, 6.07) is 8.85. The number of ether oxygens (including phenoxy) is 2. The predicted octanol–water partition coefficient (Wildman–Crippen LogP) is 2.04. The number of pyridine rings is 1. The molecule has 1 aromatic heterocycles. The predicted molar refractivity (Wildman–Crippen MR) is 91.8 cm³/mol. The minimum atomic E-state index is -0.273. The number of amides is 1. The summed E-state index contributed by atoms with van der Waals surface area (Å²) < 4.78 is 10.6. The summed E-state index contributed by atoms with van der Waals surface area (Å²) in [5.41, 5.74) is 1.85. The maximum atomic E-state index is 12.4. The molecule has 1 amide bonds. The van der Waals surface area contributed by atoms with Crippen molar-refractivity contribution in [3.8, 4) is 11.5 Å². The molecule has 0 radical (unpaired) electrons. The number of anilines is 2. The number of carbonyl (C=O) groups is 1. The molecule has 0 saturated carbocycles. The standard InChI is InChI=1S/C17H20N4O3/c1-21(2)8-7-18-12-5-6-19-14(9-12)17(22)20-13-3-4-15-16(10-13)24-11-23-15/h3-6,9-10H,7-8,11H2,1-2H3,(H,18,19)(H,20,22). The van der Waals surface area contributed by atoms with Crippen LogP contribution in [0.15, 0.2) is 36.5 Å². The summed E-state index contributed by atoms with van der Waals surface area (Å²) in [6.45, 7) is 1.90. The summed E-state index contributed by atoms with van der Waals surface area (Å²) in [7, 11) is 4.02. The van der Waals surface area contributed by atoms with Crippen molar-refractivity contribution in [2.24, 2.45) is 0 Å². The summed E-state index contributed by atoms with van der Waals surface area (Å²) in [5, 5.41) is 6.09. The van der Waals surface area contributed by atoms with Crippen LogP contribution >= 0.6 is 0 Å². The first kappa shape index (κ1) is 16.1. The average Bonchev–Trinajstić information content (AvgIpc) is 3.02. The van der Waals surface area contributed by atoms with Crippen LogP contribution in [0.3, 0.4) is 0 Å². The molecule has 0 atom stereocenters. The number of nitrogens with zero attached hydrogens (tertiary/aromatic N) is 2. The van der Waals surface area contributed by atoms with Crippen LogP contribution in [0.5, 0.6) is 11.5 Å². The van der Waals surface area contributed by atoms with Gasteiger partial charge in [0.25, 0.3) is 5.91 Å². The number of nitrogens with one attached hydrogen (secondary N) is 2. The van der Waals surface area contributed by atoms with Crippen molar-refractivity contribution in [2.45, 2.75) is 0 Å². The van der Waals surface area contributed by atoms with E-state index in [1.165, 1.54) is 0 Å². The highest BCUT2D eigenvalue weighted by Crippen LogP contribution is 2.34. The van der Waals surface area contributed by atoms with Crippen LogP contribution < -0.4 is 20.1 Å². The number of benzene rings is 1. The largest absolute Gasteiger partial charge is 0.454 e. The van der Waals surface area contributed by atoms with Crippen LogP contribution in [0.25, 0.3) is 0 Å². The molecule has 0 aliphatic carbocycles. The molecule has 0 fully saturated rings. The van der Waals surface area contributed by atoms with Crippen molar-refractivity contribution in [3.63, 3.8) is 0 Å². The lowest BCUT2D eigenvalue weighted by Gasteiger charge is -2.12. The van der Waals surface area contributed by atoms with Gasteiger partial charge in [0.1, 0.15) is 5.69 Å². The Morgan fingerprint density at radius 3 is 2.83 bits per heavy atom. The monoisotopic (exact) mass is 328 g/mol. The van der Waals surface area contributed by atoms with E-state index in [4.69, 9.17) is 9.47 Å². The van der Waals surface area contributed by atoms with Crippen molar-refractivity contribution in [1.29, 1.82) is 0 Å². The molecule has 24 heavy (non-hydrogen) atoms. The Morgan fingerprint density at radius 1 is 1.17 bits per heavy atom. The molecule has 0 spiro atoms. The zero-order valence-electron chi connectivity index (χ0n) is 13.7. The third-order valence-electron chi connectivity index (χ3n) is 3.51. The molecule has 2 aromatic rings. The zero-order valence-corrected chi connectivity index (χ0v) is 13.7. The maximum absolute atomic E-state index is 12.4. The van der Waals surface area contributed by atoms with E-state index in [2.05, 4.69) is 20.5 Å². The van der Waals surface area contributed by atoms with E-state index >= 15 is 0 Å². The van der Waals surface area contributed by atoms with E-state index in [1.807, 2.05) is 20.2 Å². The molecule has 7 nitrogen and oxygen atoms in total. The van der Waals surface area contributed by atoms with Crippen LogP contribution in [0.1, 0.15) is 10.5 Å². The fraction of sp³-hybridized carbons (Fsp3) is 0.294. The number of rotatable bonds is 6. The molecule has 0 unspecified atom stereocenters. The van der Waals surface area contributed by atoms with Crippen molar-refractivity contribution in [2.75, 3.05) is 44.6 Å². The summed E-state index contributed by atoms with van der Waals surface area (Å²) in [4.78, 5) is 18.6. The topological polar surface area (TPSA) is 75.7 Å². The van der Waals surface area contributed by atoms with Gasteiger partial charge >= 0.3 is 0 Å². The molecule has 1 aromatic carbocycles. The van der Waals surface area contributed by atoms with E-state index in [1.54, 1.807) is 30.5 Å². The van der Waals surface area contributed by atoms with Gasteiger partial charge in [0.2, 0.25) is 6.79 Å². The highest BCUT2D eigenvalue weighted by atomic mass is 16.7. The Hall–Kier alpha value is -2.80. The van der Waals surface area contributed by atoms with Gasteiger partial charge in [-0.3, -0.25) is 9.78 Å². The highest BCUT2D eigenvalue weighted by Gasteiger charge is 2.15. The SMILES string of the molecule is CN(C)CCNc1ccnc(C(=O)Nc2ccc3c(c2)OCO3)c1. The van der Waals surface area contributed by atoms with Crippen LogP contribution in [0, 0.1) is 0 Å². The highest BCUT2D eigenvalue weighted by molar-refractivity contribution is 6.03. The van der Waals surface area contributed by atoms with E-state index in [-0.39, 0.29) is 12.7 Å². The molecule has 2 heterocycles. The molecule has 7 heteroatoms. The van der Waals surface area contributed by atoms with Crippen molar-refractivity contribution < 1.29 is 14.3 Å². The molecule has 0 bridgehead atoms. The third-order valence-corrected chi connectivity index (χ3v) is 3.51. The second-order valence-corrected chi connectivity index (χ2v) is 5.68. The van der Waals surface area contributed by atoms with E-state index in [0.717, 1.165) is 18.8 Å². The van der Waals surface area contributed by atoms with Gasteiger partial charge in [0.15, 0.2) is 11.5 Å². The normalized spacial score (nSPS) is 12.3. The maximum Gasteiger partial charge on any atom is 0.274 e. The van der Waals surface area contributed by atoms with Crippen molar-refractivity contribution >= 4 is 17.3 Å². The Labute approximate surface area is 140 Å². The molecule has 3 rings (SSSR count). The lowest BCUT2D eigenvalue weighted by Crippen LogP contribution is -2.21. The van der Waals surface area contributed by atoms with Gasteiger partial charge in [0.05, 0.1) is 0 Å². The number of fused-ring (bicyclic) bond motifs is 1. The quantitative estimate of drug-likeness (QED) is 0.845. The second-order valence-electron chi connectivity index (χ2n) is 5.68. The fourth-order valence-corrected chi connectivity index (χ4v) is 2.26. The van der Waals surface area contributed by atoms with Crippen LogP contribution in [0.2, 0.25) is 0 Å². The first-order valence-electron chi connectivity index (χ1n) is 7.67. The third kappa shape index (κ3) is 3.94. The Balaban J connectivity index is 1.64. The number of hydrogen-bond acceptors (Lipinski definition) is 6. The van der Waals surface area contributed by atoms with Crippen LogP contribution in [-0.2, 0) is 0 Å². The number of hydrogen-bond donors (Lipinski definition) is 2. The number of carbonyl (C=O) groups excluding carboxylic acids is 1. The first-order valence-corrected chi connectivity index (χ1v) is 7.67. The smallest absolute Gasteiger partial charge is 0.274 e. The van der Waals surface area contributed by atoms with Gasteiger partial charge in [-0.2, -0.15) is 0 Å².